The third-order valence-electron chi connectivity index (χ3n) is 3.76. The van der Waals surface area contributed by atoms with Crippen molar-refractivity contribution >= 4 is 23.3 Å². The fourth-order valence-electron chi connectivity index (χ4n) is 2.57. The molecule has 0 atom stereocenters. The van der Waals surface area contributed by atoms with Crippen molar-refractivity contribution in [1.29, 1.82) is 0 Å². The van der Waals surface area contributed by atoms with Crippen LogP contribution in [0.2, 0.25) is 5.02 Å². The summed E-state index contributed by atoms with van der Waals surface area (Å²) in [5, 5.41) is 3.72. The Balaban J connectivity index is 1.91. The molecule has 1 aromatic rings. The zero-order valence-electron chi connectivity index (χ0n) is 11.9. The van der Waals surface area contributed by atoms with Gasteiger partial charge in [-0.3, -0.25) is 0 Å². The highest BCUT2D eigenvalue weighted by atomic mass is 35.5. The van der Waals surface area contributed by atoms with Crippen molar-refractivity contribution in [2.45, 2.75) is 44.7 Å². The Bertz CT molecular complexity index is 472. The normalized spacial score (nSPS) is 15.9. The van der Waals surface area contributed by atoms with Crippen LogP contribution in [0.3, 0.4) is 0 Å². The molecule has 0 heterocycles. The lowest BCUT2D eigenvalue weighted by atomic mass is 9.96. The molecule has 0 radical (unpaired) electrons. The summed E-state index contributed by atoms with van der Waals surface area (Å²) >= 11 is 6.12. The average molecular weight is 296 g/mol. The van der Waals surface area contributed by atoms with E-state index in [4.69, 9.17) is 17.3 Å². The van der Waals surface area contributed by atoms with Gasteiger partial charge in [0.05, 0.1) is 0 Å². The van der Waals surface area contributed by atoms with Gasteiger partial charge >= 0.3 is 6.03 Å². The SMILES string of the molecule is CN(Cc1cc(N)ccc1Cl)C(=O)NC1CCCCC1. The lowest BCUT2D eigenvalue weighted by Gasteiger charge is -2.26. The third kappa shape index (κ3) is 4.04. The van der Waals surface area contributed by atoms with Crippen molar-refractivity contribution in [1.82, 2.24) is 10.2 Å². The Morgan fingerprint density at radius 1 is 1.40 bits per heavy atom. The second-order valence-corrected chi connectivity index (χ2v) is 5.90. The number of halogens is 1. The summed E-state index contributed by atoms with van der Waals surface area (Å²) in [5.41, 5.74) is 7.28. The van der Waals surface area contributed by atoms with E-state index in [1.807, 2.05) is 6.07 Å². The minimum absolute atomic E-state index is 0.0459. The Morgan fingerprint density at radius 3 is 2.80 bits per heavy atom. The first kappa shape index (κ1) is 15.0. The second kappa shape index (κ2) is 6.84. The molecule has 0 spiro atoms. The predicted molar refractivity (Wildman–Crippen MR) is 82.7 cm³/mol. The molecule has 0 aliphatic heterocycles. The summed E-state index contributed by atoms with van der Waals surface area (Å²) in [4.78, 5) is 13.8. The quantitative estimate of drug-likeness (QED) is 0.840. The Hall–Kier alpha value is -1.42. The van der Waals surface area contributed by atoms with Crippen molar-refractivity contribution in [3.05, 3.63) is 28.8 Å². The number of nitrogens with two attached hydrogens (primary N) is 1. The van der Waals surface area contributed by atoms with E-state index in [0.29, 0.717) is 23.3 Å². The van der Waals surface area contributed by atoms with Crippen LogP contribution in [0.4, 0.5) is 10.5 Å². The predicted octanol–water partition coefficient (Wildman–Crippen LogP) is 3.40. The van der Waals surface area contributed by atoms with Gasteiger partial charge in [0.25, 0.3) is 0 Å². The third-order valence-corrected chi connectivity index (χ3v) is 4.13. The molecule has 1 aliphatic rings. The van der Waals surface area contributed by atoms with Crippen molar-refractivity contribution in [3.63, 3.8) is 0 Å². The van der Waals surface area contributed by atoms with E-state index >= 15 is 0 Å². The van der Waals surface area contributed by atoms with Gasteiger partial charge < -0.3 is 16.0 Å². The highest BCUT2D eigenvalue weighted by Crippen LogP contribution is 2.21. The van der Waals surface area contributed by atoms with Crippen LogP contribution >= 0.6 is 11.6 Å². The monoisotopic (exact) mass is 295 g/mol. The number of carbonyl (C=O) groups is 1. The van der Waals surface area contributed by atoms with Gasteiger partial charge in [0.1, 0.15) is 0 Å². The Labute approximate surface area is 125 Å². The number of nitrogen functional groups attached to an aromatic ring is 1. The van der Waals surface area contributed by atoms with E-state index in [2.05, 4.69) is 5.32 Å². The molecular formula is C15H22ClN3O. The molecular weight excluding hydrogens is 274 g/mol. The number of carbonyl (C=O) groups excluding carboxylic acids is 1. The van der Waals surface area contributed by atoms with Crippen LogP contribution < -0.4 is 11.1 Å². The molecule has 3 N–H and O–H groups in total. The molecule has 1 saturated carbocycles. The first-order valence-corrected chi connectivity index (χ1v) is 7.49. The van der Waals surface area contributed by atoms with E-state index in [1.165, 1.54) is 19.3 Å². The maximum atomic E-state index is 12.2. The van der Waals surface area contributed by atoms with Gasteiger partial charge in [-0.05, 0) is 36.6 Å². The number of urea groups is 1. The van der Waals surface area contributed by atoms with Crippen molar-refractivity contribution < 1.29 is 4.79 Å². The van der Waals surface area contributed by atoms with Crippen LogP contribution in [0.1, 0.15) is 37.7 Å². The molecule has 20 heavy (non-hydrogen) atoms. The van der Waals surface area contributed by atoms with Crippen LogP contribution in [-0.4, -0.2) is 24.0 Å². The van der Waals surface area contributed by atoms with E-state index in [-0.39, 0.29) is 6.03 Å². The summed E-state index contributed by atoms with van der Waals surface area (Å²) in [7, 11) is 1.78. The first-order valence-electron chi connectivity index (χ1n) is 7.12. The number of nitrogens with zero attached hydrogens (tertiary/aromatic N) is 1. The summed E-state index contributed by atoms with van der Waals surface area (Å²) in [6.07, 6.45) is 5.85. The smallest absolute Gasteiger partial charge is 0.317 e. The minimum atomic E-state index is -0.0459. The molecule has 2 rings (SSSR count). The Kier molecular flexibility index (Phi) is 5.12. The Morgan fingerprint density at radius 2 is 2.10 bits per heavy atom. The van der Waals surface area contributed by atoms with Gasteiger partial charge in [0, 0.05) is 30.3 Å². The maximum absolute atomic E-state index is 12.2. The van der Waals surface area contributed by atoms with Crippen molar-refractivity contribution in [2.24, 2.45) is 0 Å². The van der Waals surface area contributed by atoms with Gasteiger partial charge in [0.2, 0.25) is 0 Å². The zero-order valence-corrected chi connectivity index (χ0v) is 12.6. The molecule has 0 aromatic heterocycles. The van der Waals surface area contributed by atoms with E-state index in [9.17, 15) is 4.79 Å². The van der Waals surface area contributed by atoms with Crippen LogP contribution in [0.15, 0.2) is 18.2 Å². The van der Waals surface area contributed by atoms with Crippen LogP contribution in [0.25, 0.3) is 0 Å². The number of hydrogen-bond acceptors (Lipinski definition) is 2. The minimum Gasteiger partial charge on any atom is -0.399 e. The number of rotatable bonds is 3. The molecule has 4 nitrogen and oxygen atoms in total. The summed E-state index contributed by atoms with van der Waals surface area (Å²) < 4.78 is 0. The van der Waals surface area contributed by atoms with Gasteiger partial charge in [-0.25, -0.2) is 4.79 Å². The highest BCUT2D eigenvalue weighted by molar-refractivity contribution is 6.31. The number of anilines is 1. The first-order chi connectivity index (χ1) is 9.56. The van der Waals surface area contributed by atoms with Crippen LogP contribution in [-0.2, 0) is 6.54 Å². The summed E-state index contributed by atoms with van der Waals surface area (Å²) in [5.74, 6) is 0. The fourth-order valence-corrected chi connectivity index (χ4v) is 2.75. The molecule has 2 amide bonds. The molecule has 0 saturated heterocycles. The second-order valence-electron chi connectivity index (χ2n) is 5.49. The lowest BCUT2D eigenvalue weighted by Crippen LogP contribution is -2.43. The average Bonchev–Trinajstić information content (AvgIpc) is 2.44. The van der Waals surface area contributed by atoms with Gasteiger partial charge in [-0.2, -0.15) is 0 Å². The van der Waals surface area contributed by atoms with Gasteiger partial charge in [0.15, 0.2) is 0 Å². The number of benzene rings is 1. The van der Waals surface area contributed by atoms with Gasteiger partial charge in [-0.1, -0.05) is 30.9 Å². The largest absolute Gasteiger partial charge is 0.399 e. The van der Waals surface area contributed by atoms with Crippen LogP contribution in [0, 0.1) is 0 Å². The summed E-state index contributed by atoms with van der Waals surface area (Å²) in [6, 6.07) is 5.60. The fraction of sp³-hybridized carbons (Fsp3) is 0.533. The van der Waals surface area contributed by atoms with E-state index in [1.54, 1.807) is 24.1 Å². The molecule has 1 aromatic carbocycles. The van der Waals surface area contributed by atoms with Crippen molar-refractivity contribution in [3.8, 4) is 0 Å². The number of hydrogen-bond donors (Lipinski definition) is 2. The molecule has 1 fully saturated rings. The topological polar surface area (TPSA) is 58.4 Å². The molecule has 110 valence electrons. The molecule has 0 unspecified atom stereocenters. The maximum Gasteiger partial charge on any atom is 0.317 e. The standard InChI is InChI=1S/C15H22ClN3O/c1-19(10-11-9-12(17)7-8-14(11)16)15(20)18-13-5-3-2-4-6-13/h7-9,13H,2-6,10,17H2,1H3,(H,18,20). The highest BCUT2D eigenvalue weighted by Gasteiger charge is 2.18. The van der Waals surface area contributed by atoms with Crippen molar-refractivity contribution in [2.75, 3.05) is 12.8 Å². The molecule has 0 bridgehead atoms. The lowest BCUT2D eigenvalue weighted by molar-refractivity contribution is 0.198. The number of amides is 2. The van der Waals surface area contributed by atoms with E-state index < -0.39 is 0 Å². The number of nitrogens with one attached hydrogen (secondary N) is 1. The van der Waals surface area contributed by atoms with E-state index in [0.717, 1.165) is 18.4 Å². The van der Waals surface area contributed by atoms with Gasteiger partial charge in [-0.15, -0.1) is 0 Å². The van der Waals surface area contributed by atoms with Crippen LogP contribution in [0.5, 0.6) is 0 Å². The summed E-state index contributed by atoms with van der Waals surface area (Å²) in [6.45, 7) is 0.461. The molecule has 5 heteroatoms. The zero-order chi connectivity index (χ0) is 14.5. The molecule has 1 aliphatic carbocycles.